The van der Waals surface area contributed by atoms with E-state index in [0.717, 1.165) is 22.9 Å². The molecule has 106 valence electrons. The molecule has 0 aliphatic rings. The molecular formula is C18H19N3. The molecular weight excluding hydrogens is 258 g/mol. The number of hydrogen-bond acceptors (Lipinski definition) is 2. The first-order chi connectivity index (χ1) is 10.2. The standard InChI is InChI=1S/C18H19N3/c1-13(14-9-5-3-6-10-14)16-17(19)21(2)18(20-16)15-11-7-4-8-12-15/h3-13H,19H2,1-2H3. The van der Waals surface area contributed by atoms with Crippen molar-refractivity contribution >= 4 is 5.82 Å². The van der Waals surface area contributed by atoms with Crippen molar-refractivity contribution in [1.82, 2.24) is 9.55 Å². The summed E-state index contributed by atoms with van der Waals surface area (Å²) in [6, 6.07) is 20.5. The van der Waals surface area contributed by atoms with E-state index in [1.165, 1.54) is 5.56 Å². The molecule has 0 spiro atoms. The van der Waals surface area contributed by atoms with Crippen molar-refractivity contribution in [2.75, 3.05) is 5.73 Å². The number of hydrogen-bond donors (Lipinski definition) is 1. The van der Waals surface area contributed by atoms with Gasteiger partial charge in [0.25, 0.3) is 0 Å². The Labute approximate surface area is 125 Å². The minimum atomic E-state index is 0.176. The summed E-state index contributed by atoms with van der Waals surface area (Å²) in [7, 11) is 1.96. The van der Waals surface area contributed by atoms with Crippen molar-refractivity contribution in [1.29, 1.82) is 0 Å². The van der Waals surface area contributed by atoms with Crippen LogP contribution in [0.15, 0.2) is 60.7 Å². The fraction of sp³-hybridized carbons (Fsp3) is 0.167. The van der Waals surface area contributed by atoms with Gasteiger partial charge in [-0.15, -0.1) is 0 Å². The van der Waals surface area contributed by atoms with Crippen molar-refractivity contribution in [2.45, 2.75) is 12.8 Å². The maximum atomic E-state index is 6.28. The van der Waals surface area contributed by atoms with Gasteiger partial charge in [0, 0.05) is 18.5 Å². The Morgan fingerprint density at radius 3 is 2.14 bits per heavy atom. The van der Waals surface area contributed by atoms with E-state index in [4.69, 9.17) is 10.7 Å². The monoisotopic (exact) mass is 277 g/mol. The zero-order valence-electron chi connectivity index (χ0n) is 12.3. The van der Waals surface area contributed by atoms with Crippen molar-refractivity contribution in [3.05, 3.63) is 71.9 Å². The Balaban J connectivity index is 2.06. The summed E-state index contributed by atoms with van der Waals surface area (Å²) in [5, 5.41) is 0. The topological polar surface area (TPSA) is 43.8 Å². The molecule has 3 aromatic rings. The van der Waals surface area contributed by atoms with E-state index in [1.807, 2.05) is 48.0 Å². The fourth-order valence-corrected chi connectivity index (χ4v) is 2.60. The normalized spacial score (nSPS) is 12.3. The molecule has 3 heteroatoms. The minimum absolute atomic E-state index is 0.176. The Bertz CT molecular complexity index is 730. The molecule has 1 aromatic heterocycles. The van der Waals surface area contributed by atoms with Crippen LogP contribution < -0.4 is 5.73 Å². The zero-order chi connectivity index (χ0) is 14.8. The third-order valence-corrected chi connectivity index (χ3v) is 3.91. The van der Waals surface area contributed by atoms with Crippen LogP contribution in [0.25, 0.3) is 11.4 Å². The summed E-state index contributed by atoms with van der Waals surface area (Å²) in [5.74, 6) is 1.81. The van der Waals surface area contributed by atoms with Gasteiger partial charge in [0.05, 0.1) is 5.69 Å². The van der Waals surface area contributed by atoms with Gasteiger partial charge >= 0.3 is 0 Å². The lowest BCUT2D eigenvalue weighted by molar-refractivity contribution is 0.884. The number of nitrogens with two attached hydrogens (primary N) is 1. The fourth-order valence-electron chi connectivity index (χ4n) is 2.60. The van der Waals surface area contributed by atoms with Crippen molar-refractivity contribution in [3.63, 3.8) is 0 Å². The quantitative estimate of drug-likeness (QED) is 0.791. The van der Waals surface area contributed by atoms with Crippen LogP contribution in [0.1, 0.15) is 24.1 Å². The van der Waals surface area contributed by atoms with E-state index in [9.17, 15) is 0 Å². The second-order valence-corrected chi connectivity index (χ2v) is 5.26. The number of rotatable bonds is 3. The smallest absolute Gasteiger partial charge is 0.141 e. The number of nitrogens with zero attached hydrogens (tertiary/aromatic N) is 2. The van der Waals surface area contributed by atoms with Crippen LogP contribution in [-0.2, 0) is 7.05 Å². The molecule has 0 saturated carbocycles. The Kier molecular flexibility index (Phi) is 3.48. The van der Waals surface area contributed by atoms with Gasteiger partial charge < -0.3 is 10.3 Å². The molecule has 21 heavy (non-hydrogen) atoms. The first-order valence-corrected chi connectivity index (χ1v) is 7.11. The average molecular weight is 277 g/mol. The number of imidazole rings is 1. The highest BCUT2D eigenvalue weighted by Gasteiger charge is 2.19. The highest BCUT2D eigenvalue weighted by atomic mass is 15.1. The molecule has 0 saturated heterocycles. The van der Waals surface area contributed by atoms with Crippen molar-refractivity contribution in [2.24, 2.45) is 7.05 Å². The summed E-state index contributed by atoms with van der Waals surface area (Å²) in [6.07, 6.45) is 0. The molecule has 1 heterocycles. The number of aromatic nitrogens is 2. The van der Waals surface area contributed by atoms with Gasteiger partial charge in [0.1, 0.15) is 11.6 Å². The van der Waals surface area contributed by atoms with Gasteiger partial charge in [0.2, 0.25) is 0 Å². The van der Waals surface area contributed by atoms with Gasteiger partial charge in [-0.25, -0.2) is 4.98 Å². The lowest BCUT2D eigenvalue weighted by Gasteiger charge is -2.10. The highest BCUT2D eigenvalue weighted by molar-refractivity contribution is 5.61. The van der Waals surface area contributed by atoms with Crippen LogP contribution >= 0.6 is 0 Å². The summed E-state index contributed by atoms with van der Waals surface area (Å²) in [5.41, 5.74) is 9.52. The van der Waals surface area contributed by atoms with Crippen LogP contribution in [0.2, 0.25) is 0 Å². The van der Waals surface area contributed by atoms with E-state index < -0.39 is 0 Å². The maximum Gasteiger partial charge on any atom is 0.141 e. The molecule has 3 rings (SSSR count). The van der Waals surface area contributed by atoms with Gasteiger partial charge in [-0.05, 0) is 5.56 Å². The van der Waals surface area contributed by atoms with Gasteiger partial charge in [-0.3, -0.25) is 0 Å². The van der Waals surface area contributed by atoms with E-state index in [-0.39, 0.29) is 5.92 Å². The van der Waals surface area contributed by atoms with Gasteiger partial charge in [-0.2, -0.15) is 0 Å². The van der Waals surface area contributed by atoms with E-state index >= 15 is 0 Å². The van der Waals surface area contributed by atoms with Crippen LogP contribution in [0, 0.1) is 0 Å². The SMILES string of the molecule is CC(c1ccccc1)c1nc(-c2ccccc2)n(C)c1N. The van der Waals surface area contributed by atoms with Crippen LogP contribution in [-0.4, -0.2) is 9.55 Å². The Hall–Kier alpha value is -2.55. The van der Waals surface area contributed by atoms with Gasteiger partial charge in [0.15, 0.2) is 0 Å². The van der Waals surface area contributed by atoms with Crippen LogP contribution in [0.3, 0.4) is 0 Å². The molecule has 2 N–H and O–H groups in total. The largest absolute Gasteiger partial charge is 0.384 e. The summed E-state index contributed by atoms with van der Waals surface area (Å²) >= 11 is 0. The number of benzene rings is 2. The Morgan fingerprint density at radius 2 is 1.52 bits per heavy atom. The molecule has 0 amide bonds. The molecule has 0 aliphatic heterocycles. The Morgan fingerprint density at radius 1 is 0.952 bits per heavy atom. The number of anilines is 1. The zero-order valence-corrected chi connectivity index (χ0v) is 12.3. The van der Waals surface area contributed by atoms with Crippen molar-refractivity contribution in [3.8, 4) is 11.4 Å². The van der Waals surface area contributed by atoms with Crippen LogP contribution in [0.5, 0.6) is 0 Å². The first-order valence-electron chi connectivity index (χ1n) is 7.11. The minimum Gasteiger partial charge on any atom is -0.384 e. The third kappa shape index (κ3) is 2.42. The predicted octanol–water partition coefficient (Wildman–Crippen LogP) is 3.82. The molecule has 1 unspecified atom stereocenters. The molecule has 0 radical (unpaired) electrons. The van der Waals surface area contributed by atoms with Crippen LogP contribution in [0.4, 0.5) is 5.82 Å². The molecule has 0 aliphatic carbocycles. The van der Waals surface area contributed by atoms with E-state index in [1.54, 1.807) is 0 Å². The highest BCUT2D eigenvalue weighted by Crippen LogP contribution is 2.31. The van der Waals surface area contributed by atoms with Gasteiger partial charge in [-0.1, -0.05) is 67.6 Å². The molecule has 0 bridgehead atoms. The second kappa shape index (κ2) is 5.44. The predicted molar refractivity (Wildman–Crippen MR) is 87.0 cm³/mol. The molecule has 1 atom stereocenters. The number of nitrogen functional groups attached to an aromatic ring is 1. The lowest BCUT2D eigenvalue weighted by atomic mass is 9.98. The van der Waals surface area contributed by atoms with E-state index in [2.05, 4.69) is 31.2 Å². The van der Waals surface area contributed by atoms with Crippen molar-refractivity contribution < 1.29 is 0 Å². The summed E-state index contributed by atoms with van der Waals surface area (Å²) < 4.78 is 1.96. The summed E-state index contributed by atoms with van der Waals surface area (Å²) in [4.78, 5) is 4.79. The first kappa shape index (κ1) is 13.4. The molecule has 2 aromatic carbocycles. The molecule has 0 fully saturated rings. The molecule has 3 nitrogen and oxygen atoms in total. The average Bonchev–Trinajstić information content (AvgIpc) is 2.84. The van der Waals surface area contributed by atoms with E-state index in [0.29, 0.717) is 0 Å². The maximum absolute atomic E-state index is 6.28. The second-order valence-electron chi connectivity index (χ2n) is 5.26. The lowest BCUT2D eigenvalue weighted by Crippen LogP contribution is -2.03. The summed E-state index contributed by atoms with van der Waals surface area (Å²) in [6.45, 7) is 2.14. The third-order valence-electron chi connectivity index (χ3n) is 3.91.